The van der Waals surface area contributed by atoms with Crippen LogP contribution in [0.1, 0.15) is 37.4 Å². The molecule has 2 aliphatic rings. The molecule has 1 saturated heterocycles. The minimum atomic E-state index is -1.07. The zero-order chi connectivity index (χ0) is 27.6. The lowest BCUT2D eigenvalue weighted by atomic mass is 9.68. The molecule has 4 rings (SSSR count). The molecule has 0 unspecified atom stereocenters. The molecule has 1 fully saturated rings. The zero-order valence-corrected chi connectivity index (χ0v) is 21.0. The number of aliphatic hydroxyl groups is 2. The Morgan fingerprint density at radius 3 is 2.66 bits per heavy atom. The molecule has 1 aromatic heterocycles. The van der Waals surface area contributed by atoms with E-state index in [0.29, 0.717) is 39.3 Å². The quantitative estimate of drug-likeness (QED) is 0.371. The minimum Gasteiger partial charge on any atom is -0.505 e. The highest BCUT2D eigenvalue weighted by atomic mass is 19.1. The number of halogens is 1. The molecule has 9 nitrogen and oxygen atoms in total. The maximum Gasteiger partial charge on any atom is 0.423 e. The van der Waals surface area contributed by atoms with Crippen LogP contribution in [0.3, 0.4) is 0 Å². The maximum atomic E-state index is 13.9. The van der Waals surface area contributed by atoms with E-state index in [1.165, 1.54) is 12.1 Å². The third-order valence-electron chi connectivity index (χ3n) is 7.24. The summed E-state index contributed by atoms with van der Waals surface area (Å²) in [5.41, 5.74) is 2.96. The fourth-order valence-electron chi connectivity index (χ4n) is 5.48. The molecule has 1 aliphatic heterocycles. The van der Waals surface area contributed by atoms with Crippen molar-refractivity contribution in [2.75, 3.05) is 13.7 Å². The average Bonchev–Trinajstić information content (AvgIpc) is 3.16. The van der Waals surface area contributed by atoms with Crippen molar-refractivity contribution in [1.29, 1.82) is 0 Å². The van der Waals surface area contributed by atoms with Gasteiger partial charge >= 0.3 is 6.09 Å². The molecule has 2 heterocycles. The number of nitrogens with zero attached hydrogens (tertiary/aromatic N) is 2. The Hall–Kier alpha value is -3.89. The second-order valence-electron chi connectivity index (χ2n) is 9.49. The van der Waals surface area contributed by atoms with E-state index in [0.717, 1.165) is 7.11 Å². The number of benzene rings is 1. The summed E-state index contributed by atoms with van der Waals surface area (Å²) in [4.78, 5) is 42.7. The Bertz CT molecular complexity index is 1310. The van der Waals surface area contributed by atoms with Crippen molar-refractivity contribution in [2.45, 2.75) is 32.3 Å². The summed E-state index contributed by atoms with van der Waals surface area (Å²) in [6, 6.07) is 9.35. The molecule has 2 aromatic rings. The van der Waals surface area contributed by atoms with Crippen molar-refractivity contribution in [3.63, 3.8) is 0 Å². The number of aromatic hydroxyl groups is 1. The first-order valence-corrected chi connectivity index (χ1v) is 12.2. The standard InChI is InChI=1S/C28H29FN2O7/c1-15-11-18-25(27(36)31(26(18)35)28(37)38-2)19(14-32)24(15)23(34)9-7-17(21-5-3-4-10-30-21)12-16-6-8-22(33)20(29)13-16/h3-6,8,10,12-13,18-19,23,25,32-34H,7,9,11,14H2,1-2H3/b17-12-/t18-,19+,23-,25-/m1/s1. The van der Waals surface area contributed by atoms with Gasteiger partial charge in [0.1, 0.15) is 0 Å². The highest BCUT2D eigenvalue weighted by Crippen LogP contribution is 2.46. The smallest absolute Gasteiger partial charge is 0.423 e. The number of methoxy groups -OCH3 is 1. The second-order valence-corrected chi connectivity index (χ2v) is 9.49. The number of ether oxygens (including phenoxy) is 1. The predicted octanol–water partition coefficient (Wildman–Crippen LogP) is 3.30. The van der Waals surface area contributed by atoms with Crippen LogP contribution in [-0.4, -0.2) is 62.9 Å². The molecule has 1 aliphatic carbocycles. The van der Waals surface area contributed by atoms with Crippen LogP contribution in [0.5, 0.6) is 5.75 Å². The highest BCUT2D eigenvalue weighted by molar-refractivity contribution is 6.16. The Morgan fingerprint density at radius 2 is 2.03 bits per heavy atom. The SMILES string of the molecule is COC(=O)N1C(=O)[C@@H]2[C@@H](CC(C)=C([C@H](O)CC/C(=C/c3ccc(O)c(F)c3)c3ccccn3)[C@@H]2CO)C1=O. The number of likely N-dealkylation sites (tertiary alicyclic amines) is 1. The molecule has 38 heavy (non-hydrogen) atoms. The number of pyridine rings is 1. The van der Waals surface area contributed by atoms with Gasteiger partial charge in [-0.05, 0) is 73.2 Å². The van der Waals surface area contributed by atoms with Gasteiger partial charge in [-0.25, -0.2) is 9.18 Å². The number of fused-ring (bicyclic) bond motifs is 1. The predicted molar refractivity (Wildman–Crippen MR) is 135 cm³/mol. The lowest BCUT2D eigenvalue weighted by Crippen LogP contribution is -2.39. The number of aliphatic hydroxyl groups excluding tert-OH is 2. The molecule has 0 bridgehead atoms. The van der Waals surface area contributed by atoms with Gasteiger partial charge in [0.05, 0.1) is 37.4 Å². The summed E-state index contributed by atoms with van der Waals surface area (Å²) in [7, 11) is 1.08. The first-order valence-electron chi connectivity index (χ1n) is 12.2. The maximum absolute atomic E-state index is 13.9. The summed E-state index contributed by atoms with van der Waals surface area (Å²) in [5.74, 6) is -5.28. The molecule has 10 heteroatoms. The number of hydrogen-bond donors (Lipinski definition) is 3. The van der Waals surface area contributed by atoms with Gasteiger partial charge in [0, 0.05) is 12.1 Å². The van der Waals surface area contributed by atoms with E-state index in [4.69, 9.17) is 0 Å². The van der Waals surface area contributed by atoms with Gasteiger partial charge < -0.3 is 20.1 Å². The lowest BCUT2D eigenvalue weighted by molar-refractivity contribution is -0.137. The Balaban J connectivity index is 1.60. The largest absolute Gasteiger partial charge is 0.505 e. The fourth-order valence-corrected chi connectivity index (χ4v) is 5.48. The van der Waals surface area contributed by atoms with Crippen molar-refractivity contribution >= 4 is 29.6 Å². The van der Waals surface area contributed by atoms with E-state index in [2.05, 4.69) is 9.72 Å². The first-order chi connectivity index (χ1) is 18.2. The molecule has 0 saturated carbocycles. The molecule has 4 atom stereocenters. The van der Waals surface area contributed by atoms with E-state index in [1.807, 2.05) is 0 Å². The molecule has 3 N–H and O–H groups in total. The van der Waals surface area contributed by atoms with Crippen molar-refractivity contribution in [3.8, 4) is 5.75 Å². The van der Waals surface area contributed by atoms with Gasteiger partial charge in [-0.3, -0.25) is 14.6 Å². The van der Waals surface area contributed by atoms with Gasteiger partial charge in [0.2, 0.25) is 11.8 Å². The van der Waals surface area contributed by atoms with Crippen LogP contribution in [0.15, 0.2) is 53.7 Å². The molecule has 0 spiro atoms. The summed E-state index contributed by atoms with van der Waals surface area (Å²) in [6.45, 7) is 1.25. The van der Waals surface area contributed by atoms with E-state index in [9.17, 15) is 34.1 Å². The Labute approximate surface area is 218 Å². The summed E-state index contributed by atoms with van der Waals surface area (Å²) in [6.07, 6.45) is 1.86. The number of rotatable bonds is 7. The van der Waals surface area contributed by atoms with Crippen LogP contribution in [-0.2, 0) is 14.3 Å². The first kappa shape index (κ1) is 27.2. The fraction of sp³-hybridized carbons (Fsp3) is 0.357. The summed E-state index contributed by atoms with van der Waals surface area (Å²) in [5, 5.41) is 31.0. The number of hydrogen-bond acceptors (Lipinski definition) is 8. The van der Waals surface area contributed by atoms with Crippen LogP contribution in [0.25, 0.3) is 11.6 Å². The average molecular weight is 525 g/mol. The lowest BCUT2D eigenvalue weighted by Gasteiger charge is -2.35. The Kier molecular flexibility index (Phi) is 8.03. The molecular weight excluding hydrogens is 495 g/mol. The van der Waals surface area contributed by atoms with Gasteiger partial charge in [-0.1, -0.05) is 17.7 Å². The second kappa shape index (κ2) is 11.2. The van der Waals surface area contributed by atoms with Crippen LogP contribution >= 0.6 is 0 Å². The number of carbonyl (C=O) groups excluding carboxylic acids is 3. The van der Waals surface area contributed by atoms with Gasteiger partial charge in [-0.2, -0.15) is 4.90 Å². The van der Waals surface area contributed by atoms with E-state index >= 15 is 0 Å². The number of phenols is 1. The van der Waals surface area contributed by atoms with Crippen molar-refractivity contribution in [1.82, 2.24) is 9.88 Å². The van der Waals surface area contributed by atoms with E-state index in [-0.39, 0.29) is 12.8 Å². The Morgan fingerprint density at radius 1 is 1.26 bits per heavy atom. The van der Waals surface area contributed by atoms with E-state index in [1.54, 1.807) is 43.5 Å². The third kappa shape index (κ3) is 5.09. The molecule has 0 radical (unpaired) electrons. The number of phenolic OH excluding ortho intramolecular Hbond substituents is 1. The van der Waals surface area contributed by atoms with Gasteiger partial charge in [0.15, 0.2) is 11.6 Å². The summed E-state index contributed by atoms with van der Waals surface area (Å²) < 4.78 is 18.5. The summed E-state index contributed by atoms with van der Waals surface area (Å²) >= 11 is 0. The molecular formula is C28H29FN2O7. The van der Waals surface area contributed by atoms with Crippen molar-refractivity contribution in [3.05, 3.63) is 70.8 Å². The number of amides is 3. The van der Waals surface area contributed by atoms with Crippen LogP contribution in [0.2, 0.25) is 0 Å². The number of aromatic nitrogens is 1. The number of carbonyl (C=O) groups is 3. The normalized spacial score (nSPS) is 22.5. The van der Waals surface area contributed by atoms with Crippen molar-refractivity contribution in [2.24, 2.45) is 17.8 Å². The van der Waals surface area contributed by atoms with Crippen LogP contribution in [0.4, 0.5) is 9.18 Å². The minimum absolute atomic E-state index is 0.168. The highest BCUT2D eigenvalue weighted by Gasteiger charge is 2.56. The van der Waals surface area contributed by atoms with E-state index < -0.39 is 59.9 Å². The molecule has 1 aromatic carbocycles. The number of allylic oxidation sites excluding steroid dienone is 2. The third-order valence-corrected chi connectivity index (χ3v) is 7.24. The molecule has 3 amide bonds. The van der Waals surface area contributed by atoms with Gasteiger partial charge in [-0.15, -0.1) is 0 Å². The van der Waals surface area contributed by atoms with Crippen LogP contribution in [0, 0.1) is 23.6 Å². The number of imide groups is 3. The van der Waals surface area contributed by atoms with Gasteiger partial charge in [0.25, 0.3) is 0 Å². The zero-order valence-electron chi connectivity index (χ0n) is 21.0. The monoisotopic (exact) mass is 524 g/mol. The van der Waals surface area contributed by atoms with Crippen molar-refractivity contribution < 1.29 is 38.8 Å². The topological polar surface area (TPSA) is 137 Å². The molecule has 200 valence electrons. The van der Waals surface area contributed by atoms with Crippen LogP contribution < -0.4 is 0 Å².